The minimum absolute atomic E-state index is 0.0769. The van der Waals surface area contributed by atoms with Crippen LogP contribution in [-0.4, -0.2) is 31.4 Å². The molecule has 20 heavy (non-hydrogen) atoms. The fraction of sp³-hybridized carbons (Fsp3) is 0.385. The first kappa shape index (κ1) is 14.5. The highest BCUT2D eigenvalue weighted by Crippen LogP contribution is 2.17. The van der Waals surface area contributed by atoms with Gasteiger partial charge in [-0.05, 0) is 26.8 Å². The van der Waals surface area contributed by atoms with Crippen LogP contribution >= 0.6 is 11.8 Å². The summed E-state index contributed by atoms with van der Waals surface area (Å²) in [5.41, 5.74) is 1.78. The largest absolute Gasteiger partial charge is 0.310 e. The van der Waals surface area contributed by atoms with Crippen LogP contribution in [0.25, 0.3) is 0 Å². The second kappa shape index (κ2) is 6.04. The van der Waals surface area contributed by atoms with Crippen LogP contribution < -0.4 is 5.32 Å². The molecule has 7 heteroatoms. The number of carbonyl (C=O) groups is 1. The lowest BCUT2D eigenvalue weighted by atomic mass is 10.4. The normalized spacial score (nSPS) is 10.6. The summed E-state index contributed by atoms with van der Waals surface area (Å²) in [6.45, 7) is 5.64. The monoisotopic (exact) mass is 291 g/mol. The third-order valence-corrected chi connectivity index (χ3v) is 3.47. The number of anilines is 1. The van der Waals surface area contributed by atoms with Crippen molar-refractivity contribution in [1.29, 1.82) is 0 Å². The molecular weight excluding hydrogens is 274 g/mol. The molecule has 0 aliphatic rings. The van der Waals surface area contributed by atoms with Crippen LogP contribution in [0.5, 0.6) is 0 Å². The van der Waals surface area contributed by atoms with Crippen molar-refractivity contribution in [2.24, 2.45) is 7.05 Å². The van der Waals surface area contributed by atoms with E-state index in [-0.39, 0.29) is 5.91 Å². The number of aryl methyl sites for hydroxylation is 4. The summed E-state index contributed by atoms with van der Waals surface area (Å²) >= 11 is 1.40. The molecule has 1 amide bonds. The van der Waals surface area contributed by atoms with Crippen LogP contribution in [0.4, 0.5) is 5.82 Å². The molecule has 2 heterocycles. The van der Waals surface area contributed by atoms with E-state index in [1.807, 2.05) is 32.9 Å². The Labute approximate surface area is 122 Å². The van der Waals surface area contributed by atoms with E-state index in [0.717, 1.165) is 22.2 Å². The highest BCUT2D eigenvalue weighted by atomic mass is 32.2. The quantitative estimate of drug-likeness (QED) is 0.687. The molecule has 0 radical (unpaired) electrons. The maximum Gasteiger partial charge on any atom is 0.235 e. The number of hydrogen-bond donors (Lipinski definition) is 1. The molecule has 0 atom stereocenters. The SMILES string of the molecule is Cc1cc(SCC(=O)Nc2cc(C)nn2C)nc(C)n1. The lowest BCUT2D eigenvalue weighted by Crippen LogP contribution is -2.16. The van der Waals surface area contributed by atoms with Crippen LogP contribution in [0.3, 0.4) is 0 Å². The minimum atomic E-state index is -0.0769. The summed E-state index contributed by atoms with van der Waals surface area (Å²) in [5.74, 6) is 1.64. The molecule has 0 aliphatic heterocycles. The van der Waals surface area contributed by atoms with E-state index in [2.05, 4.69) is 20.4 Å². The van der Waals surface area contributed by atoms with Gasteiger partial charge in [0, 0.05) is 18.8 Å². The number of nitrogens with zero attached hydrogens (tertiary/aromatic N) is 4. The molecule has 0 aliphatic carbocycles. The van der Waals surface area contributed by atoms with E-state index in [4.69, 9.17) is 0 Å². The molecule has 106 valence electrons. The average Bonchev–Trinajstić information content (AvgIpc) is 2.64. The summed E-state index contributed by atoms with van der Waals surface area (Å²) in [6.07, 6.45) is 0. The van der Waals surface area contributed by atoms with Gasteiger partial charge < -0.3 is 5.32 Å². The summed E-state index contributed by atoms with van der Waals surface area (Å²) in [6, 6.07) is 3.71. The smallest absolute Gasteiger partial charge is 0.235 e. The predicted molar refractivity (Wildman–Crippen MR) is 78.8 cm³/mol. The van der Waals surface area contributed by atoms with Gasteiger partial charge in [0.2, 0.25) is 5.91 Å². The van der Waals surface area contributed by atoms with Crippen LogP contribution in [0.2, 0.25) is 0 Å². The Morgan fingerprint density at radius 2 is 2.00 bits per heavy atom. The van der Waals surface area contributed by atoms with Crippen molar-refractivity contribution in [3.8, 4) is 0 Å². The molecule has 2 aromatic heterocycles. The first-order valence-corrected chi connectivity index (χ1v) is 7.18. The summed E-state index contributed by atoms with van der Waals surface area (Å²) in [5, 5.41) is 7.82. The van der Waals surface area contributed by atoms with Crippen molar-refractivity contribution < 1.29 is 4.79 Å². The molecule has 2 aromatic rings. The van der Waals surface area contributed by atoms with Crippen molar-refractivity contribution in [2.45, 2.75) is 25.8 Å². The summed E-state index contributed by atoms with van der Waals surface area (Å²) in [7, 11) is 1.80. The predicted octanol–water partition coefficient (Wildman–Crippen LogP) is 1.87. The zero-order valence-corrected chi connectivity index (χ0v) is 12.8. The van der Waals surface area contributed by atoms with Crippen molar-refractivity contribution in [1.82, 2.24) is 19.7 Å². The molecule has 0 unspecified atom stereocenters. The number of thioether (sulfide) groups is 1. The third kappa shape index (κ3) is 3.80. The minimum Gasteiger partial charge on any atom is -0.310 e. The Kier molecular flexibility index (Phi) is 4.39. The van der Waals surface area contributed by atoms with Gasteiger partial charge in [0.15, 0.2) is 0 Å². The van der Waals surface area contributed by atoms with Crippen molar-refractivity contribution in [3.05, 3.63) is 29.3 Å². The third-order valence-electron chi connectivity index (χ3n) is 2.56. The Morgan fingerprint density at radius 1 is 1.25 bits per heavy atom. The van der Waals surface area contributed by atoms with E-state index in [0.29, 0.717) is 11.6 Å². The number of carbonyl (C=O) groups excluding carboxylic acids is 1. The molecule has 0 aromatic carbocycles. The van der Waals surface area contributed by atoms with Crippen LogP contribution in [0.1, 0.15) is 17.2 Å². The second-order valence-electron chi connectivity index (χ2n) is 4.53. The van der Waals surface area contributed by atoms with Crippen molar-refractivity contribution >= 4 is 23.5 Å². The lowest BCUT2D eigenvalue weighted by molar-refractivity contribution is -0.113. The lowest BCUT2D eigenvalue weighted by Gasteiger charge is -2.05. The van der Waals surface area contributed by atoms with Gasteiger partial charge in [-0.3, -0.25) is 9.48 Å². The summed E-state index contributed by atoms with van der Waals surface area (Å²) in [4.78, 5) is 20.4. The molecule has 2 rings (SSSR count). The van der Waals surface area contributed by atoms with E-state index in [9.17, 15) is 4.79 Å². The molecule has 1 N–H and O–H groups in total. The Morgan fingerprint density at radius 3 is 2.60 bits per heavy atom. The fourth-order valence-electron chi connectivity index (χ4n) is 1.80. The van der Waals surface area contributed by atoms with Gasteiger partial charge in [-0.15, -0.1) is 0 Å². The van der Waals surface area contributed by atoms with E-state index in [1.54, 1.807) is 11.7 Å². The number of nitrogens with one attached hydrogen (secondary N) is 1. The number of aromatic nitrogens is 4. The van der Waals surface area contributed by atoms with Crippen molar-refractivity contribution in [2.75, 3.05) is 11.1 Å². The van der Waals surface area contributed by atoms with Crippen LogP contribution in [-0.2, 0) is 11.8 Å². The maximum absolute atomic E-state index is 11.9. The van der Waals surface area contributed by atoms with Crippen LogP contribution in [0.15, 0.2) is 17.2 Å². The Hall–Kier alpha value is -1.89. The number of hydrogen-bond acceptors (Lipinski definition) is 5. The van der Waals surface area contributed by atoms with Crippen molar-refractivity contribution in [3.63, 3.8) is 0 Å². The van der Waals surface area contributed by atoms with Gasteiger partial charge in [-0.2, -0.15) is 5.10 Å². The van der Waals surface area contributed by atoms with Gasteiger partial charge in [-0.1, -0.05) is 11.8 Å². The van der Waals surface area contributed by atoms with Crippen LogP contribution in [0, 0.1) is 20.8 Å². The average molecular weight is 291 g/mol. The Bertz CT molecular complexity index is 617. The zero-order valence-electron chi connectivity index (χ0n) is 12.0. The summed E-state index contributed by atoms with van der Waals surface area (Å²) < 4.78 is 1.65. The standard InChI is InChI=1S/C13H17N5OS/c1-8-6-13(15-10(3)14-8)20-7-12(19)16-11-5-9(2)17-18(11)4/h5-6H,7H2,1-4H3,(H,16,19). The van der Waals surface area contributed by atoms with E-state index in [1.165, 1.54) is 11.8 Å². The molecular formula is C13H17N5OS. The first-order chi connectivity index (χ1) is 9.44. The fourth-order valence-corrected chi connectivity index (χ4v) is 2.60. The van der Waals surface area contributed by atoms with Gasteiger partial charge in [0.05, 0.1) is 11.4 Å². The van der Waals surface area contributed by atoms with E-state index >= 15 is 0 Å². The topological polar surface area (TPSA) is 72.7 Å². The van der Waals surface area contributed by atoms with Gasteiger partial charge in [-0.25, -0.2) is 9.97 Å². The second-order valence-corrected chi connectivity index (χ2v) is 5.52. The van der Waals surface area contributed by atoms with Gasteiger partial charge >= 0.3 is 0 Å². The molecule has 0 saturated carbocycles. The molecule has 0 fully saturated rings. The van der Waals surface area contributed by atoms with Gasteiger partial charge in [0.1, 0.15) is 16.7 Å². The molecule has 0 bridgehead atoms. The highest BCUT2D eigenvalue weighted by molar-refractivity contribution is 7.99. The molecule has 6 nitrogen and oxygen atoms in total. The highest BCUT2D eigenvalue weighted by Gasteiger charge is 2.08. The first-order valence-electron chi connectivity index (χ1n) is 6.19. The van der Waals surface area contributed by atoms with E-state index < -0.39 is 0 Å². The maximum atomic E-state index is 11.9. The number of rotatable bonds is 4. The number of amides is 1. The molecule has 0 saturated heterocycles. The molecule has 0 spiro atoms. The Balaban J connectivity index is 1.93. The van der Waals surface area contributed by atoms with Gasteiger partial charge in [0.25, 0.3) is 0 Å². The zero-order chi connectivity index (χ0) is 14.7.